The van der Waals surface area contributed by atoms with Crippen LogP contribution in [0, 0.1) is 0 Å². The smallest absolute Gasteiger partial charge is 0.259 e. The fourth-order valence-electron chi connectivity index (χ4n) is 2.67. The number of rotatable bonds is 6. The van der Waals surface area contributed by atoms with Crippen LogP contribution in [0.2, 0.25) is 0 Å². The van der Waals surface area contributed by atoms with E-state index in [9.17, 15) is 4.79 Å². The fourth-order valence-corrected chi connectivity index (χ4v) is 2.67. The number of anilines is 1. The quantitative estimate of drug-likeness (QED) is 0.524. The first kappa shape index (κ1) is 18.3. The lowest BCUT2D eigenvalue weighted by molar-refractivity contribution is 0.102. The molecule has 0 unspecified atom stereocenters. The first-order valence-electron chi connectivity index (χ1n) is 9.02. The molecule has 1 atom stereocenters. The van der Waals surface area contributed by atoms with Gasteiger partial charge in [0.2, 0.25) is 11.8 Å². The summed E-state index contributed by atoms with van der Waals surface area (Å²) in [6.45, 7) is 1.94. The zero-order valence-electron chi connectivity index (χ0n) is 15.6. The molecule has 8 heteroatoms. The molecule has 3 heterocycles. The molecule has 0 saturated heterocycles. The van der Waals surface area contributed by atoms with Gasteiger partial charge in [0.1, 0.15) is 11.8 Å². The molecule has 0 aliphatic rings. The Morgan fingerprint density at radius 1 is 1.03 bits per heavy atom. The van der Waals surface area contributed by atoms with Gasteiger partial charge in [-0.3, -0.25) is 20.2 Å². The standard InChI is InChI=1S/C21H18N6O2/c1-14(15-7-3-2-4-8-15)29-18-11-10-16(13-23-18)20(28)25-21-24-19(26-27-21)17-9-5-6-12-22-17/h2-14H,1H3,(H2,24,25,26,27,28)/t14-/m1/s1. The van der Waals surface area contributed by atoms with Crippen molar-refractivity contribution >= 4 is 11.9 Å². The molecule has 8 nitrogen and oxygen atoms in total. The maximum atomic E-state index is 12.4. The Morgan fingerprint density at radius 2 is 1.86 bits per heavy atom. The van der Waals surface area contributed by atoms with Crippen molar-refractivity contribution < 1.29 is 9.53 Å². The van der Waals surface area contributed by atoms with Crippen molar-refractivity contribution in [1.82, 2.24) is 25.1 Å². The second-order valence-electron chi connectivity index (χ2n) is 6.23. The number of nitrogens with zero attached hydrogens (tertiary/aromatic N) is 4. The summed E-state index contributed by atoms with van der Waals surface area (Å²) in [4.78, 5) is 25.0. The van der Waals surface area contributed by atoms with Crippen LogP contribution < -0.4 is 10.1 Å². The van der Waals surface area contributed by atoms with E-state index in [0.717, 1.165) is 5.56 Å². The lowest BCUT2D eigenvalue weighted by Gasteiger charge is -2.14. The largest absolute Gasteiger partial charge is 0.470 e. The summed E-state index contributed by atoms with van der Waals surface area (Å²) >= 11 is 0. The molecule has 3 aromatic heterocycles. The third kappa shape index (κ3) is 4.44. The number of nitrogens with one attached hydrogen (secondary N) is 2. The Balaban J connectivity index is 1.39. The van der Waals surface area contributed by atoms with Crippen molar-refractivity contribution in [3.05, 3.63) is 84.2 Å². The van der Waals surface area contributed by atoms with Crippen molar-refractivity contribution in [3.8, 4) is 17.4 Å². The third-order valence-electron chi connectivity index (χ3n) is 4.18. The van der Waals surface area contributed by atoms with E-state index in [0.29, 0.717) is 23.0 Å². The van der Waals surface area contributed by atoms with Gasteiger partial charge in [0.05, 0.1) is 5.56 Å². The van der Waals surface area contributed by atoms with Crippen LogP contribution in [0.1, 0.15) is 28.9 Å². The van der Waals surface area contributed by atoms with Crippen molar-refractivity contribution in [2.24, 2.45) is 0 Å². The first-order valence-corrected chi connectivity index (χ1v) is 9.02. The minimum Gasteiger partial charge on any atom is -0.470 e. The molecule has 0 bridgehead atoms. The summed E-state index contributed by atoms with van der Waals surface area (Å²) in [5.41, 5.74) is 2.05. The summed E-state index contributed by atoms with van der Waals surface area (Å²) < 4.78 is 5.83. The number of ether oxygens (including phenoxy) is 1. The molecule has 29 heavy (non-hydrogen) atoms. The summed E-state index contributed by atoms with van der Waals surface area (Å²) in [6, 6.07) is 18.6. The summed E-state index contributed by atoms with van der Waals surface area (Å²) in [5, 5.41) is 9.38. The predicted molar refractivity (Wildman–Crippen MR) is 107 cm³/mol. The van der Waals surface area contributed by atoms with E-state index in [1.807, 2.05) is 49.4 Å². The van der Waals surface area contributed by atoms with Crippen LogP contribution in [0.5, 0.6) is 5.88 Å². The van der Waals surface area contributed by atoms with E-state index in [4.69, 9.17) is 4.74 Å². The van der Waals surface area contributed by atoms with Crippen LogP contribution in [0.3, 0.4) is 0 Å². The SMILES string of the molecule is C[C@@H](Oc1ccc(C(=O)Nc2n[nH]c(-c3ccccn3)n2)cn1)c1ccccc1. The van der Waals surface area contributed by atoms with Gasteiger partial charge in [-0.2, -0.15) is 4.98 Å². The molecule has 0 aliphatic carbocycles. The van der Waals surface area contributed by atoms with Gasteiger partial charge in [0.15, 0.2) is 5.82 Å². The van der Waals surface area contributed by atoms with Gasteiger partial charge in [-0.1, -0.05) is 36.4 Å². The molecule has 0 aliphatic heterocycles. The van der Waals surface area contributed by atoms with Crippen molar-refractivity contribution in [3.63, 3.8) is 0 Å². The highest BCUT2D eigenvalue weighted by atomic mass is 16.5. The fraction of sp³-hybridized carbons (Fsp3) is 0.0952. The highest BCUT2D eigenvalue weighted by Crippen LogP contribution is 2.20. The number of carbonyl (C=O) groups excluding carboxylic acids is 1. The molecule has 2 N–H and O–H groups in total. The van der Waals surface area contributed by atoms with Crippen LogP contribution >= 0.6 is 0 Å². The molecular weight excluding hydrogens is 368 g/mol. The van der Waals surface area contributed by atoms with Crippen molar-refractivity contribution in [2.45, 2.75) is 13.0 Å². The number of hydrogen-bond donors (Lipinski definition) is 2. The Labute approximate surface area is 167 Å². The molecular formula is C21H18N6O2. The first-order chi connectivity index (χ1) is 14.2. The minimum absolute atomic E-state index is 0.151. The molecule has 144 valence electrons. The normalized spacial score (nSPS) is 11.6. The maximum Gasteiger partial charge on any atom is 0.259 e. The summed E-state index contributed by atoms with van der Waals surface area (Å²) in [5.74, 6) is 0.700. The number of carbonyl (C=O) groups is 1. The van der Waals surface area contributed by atoms with Crippen LogP contribution in [0.15, 0.2) is 73.1 Å². The zero-order chi connectivity index (χ0) is 20.1. The molecule has 4 aromatic rings. The molecule has 4 rings (SSSR count). The van der Waals surface area contributed by atoms with Crippen molar-refractivity contribution in [1.29, 1.82) is 0 Å². The van der Waals surface area contributed by atoms with Gasteiger partial charge >= 0.3 is 0 Å². The lowest BCUT2D eigenvalue weighted by Crippen LogP contribution is -2.13. The Morgan fingerprint density at radius 3 is 2.59 bits per heavy atom. The molecule has 0 saturated carbocycles. The minimum atomic E-state index is -0.369. The second-order valence-corrected chi connectivity index (χ2v) is 6.23. The molecule has 0 fully saturated rings. The average Bonchev–Trinajstić information content (AvgIpc) is 3.24. The Hall–Kier alpha value is -4.07. The molecule has 0 spiro atoms. The van der Waals surface area contributed by atoms with Crippen LogP contribution in [-0.2, 0) is 0 Å². The highest BCUT2D eigenvalue weighted by Gasteiger charge is 2.13. The number of pyridine rings is 2. The van der Waals surface area contributed by atoms with Gasteiger partial charge in [-0.25, -0.2) is 4.98 Å². The van der Waals surface area contributed by atoms with E-state index in [1.54, 1.807) is 24.4 Å². The monoisotopic (exact) mass is 386 g/mol. The molecule has 0 radical (unpaired) electrons. The Bertz CT molecular complexity index is 1080. The van der Waals surface area contributed by atoms with Gasteiger partial charge < -0.3 is 4.74 Å². The van der Waals surface area contributed by atoms with Crippen LogP contribution in [-0.4, -0.2) is 31.1 Å². The van der Waals surface area contributed by atoms with E-state index in [-0.39, 0.29) is 18.0 Å². The van der Waals surface area contributed by atoms with Crippen molar-refractivity contribution in [2.75, 3.05) is 5.32 Å². The summed E-state index contributed by atoms with van der Waals surface area (Å²) in [7, 11) is 0. The third-order valence-corrected chi connectivity index (χ3v) is 4.18. The number of aromatic nitrogens is 5. The Kier molecular flexibility index (Phi) is 5.24. The topological polar surface area (TPSA) is 106 Å². The second kappa shape index (κ2) is 8.30. The highest BCUT2D eigenvalue weighted by molar-refractivity contribution is 6.03. The number of hydrogen-bond acceptors (Lipinski definition) is 6. The van der Waals surface area contributed by atoms with Gasteiger partial charge in [-0.15, -0.1) is 5.10 Å². The van der Waals surface area contributed by atoms with Crippen LogP contribution in [0.25, 0.3) is 11.5 Å². The molecule has 1 aromatic carbocycles. The van der Waals surface area contributed by atoms with E-state index in [2.05, 4.69) is 30.5 Å². The van der Waals surface area contributed by atoms with Gasteiger partial charge in [0.25, 0.3) is 5.91 Å². The summed E-state index contributed by atoms with van der Waals surface area (Å²) in [6.07, 6.45) is 2.96. The van der Waals surface area contributed by atoms with E-state index >= 15 is 0 Å². The van der Waals surface area contributed by atoms with Gasteiger partial charge in [0, 0.05) is 18.5 Å². The maximum absolute atomic E-state index is 12.4. The lowest BCUT2D eigenvalue weighted by atomic mass is 10.1. The predicted octanol–water partition coefficient (Wildman–Crippen LogP) is 3.65. The number of H-pyrrole nitrogens is 1. The number of aromatic amines is 1. The number of amides is 1. The molecule has 1 amide bonds. The van der Waals surface area contributed by atoms with Gasteiger partial charge in [-0.05, 0) is 30.7 Å². The van der Waals surface area contributed by atoms with E-state index < -0.39 is 0 Å². The van der Waals surface area contributed by atoms with E-state index in [1.165, 1.54) is 6.20 Å². The zero-order valence-corrected chi connectivity index (χ0v) is 15.6. The number of benzene rings is 1. The van der Waals surface area contributed by atoms with Crippen LogP contribution in [0.4, 0.5) is 5.95 Å². The average molecular weight is 386 g/mol.